The number of pyridine rings is 2. The molecule has 21 heavy (non-hydrogen) atoms. The van der Waals surface area contributed by atoms with Crippen LogP contribution in [0.15, 0.2) is 59.8 Å². The van der Waals surface area contributed by atoms with Gasteiger partial charge in [-0.2, -0.15) is 0 Å². The number of rotatable bonds is 3. The molecule has 0 spiro atoms. The number of sulfonamides is 1. The third kappa shape index (κ3) is 2.98. The minimum atomic E-state index is -3.71. The first-order valence-electron chi connectivity index (χ1n) is 6.04. The summed E-state index contributed by atoms with van der Waals surface area (Å²) in [6.07, 6.45) is 3.23. The summed E-state index contributed by atoms with van der Waals surface area (Å²) in [5.41, 5.74) is 0.635. The SMILES string of the molecule is O=S(=O)(Nc1ccc(I)cn1)c1cccc2ncccc12. The Morgan fingerprint density at radius 2 is 1.86 bits per heavy atom. The summed E-state index contributed by atoms with van der Waals surface area (Å²) in [5, 5.41) is 0.581. The summed E-state index contributed by atoms with van der Waals surface area (Å²) in [4.78, 5) is 8.41. The maximum absolute atomic E-state index is 12.5. The molecule has 0 radical (unpaired) electrons. The molecule has 0 aliphatic carbocycles. The highest BCUT2D eigenvalue weighted by atomic mass is 127. The number of anilines is 1. The van der Waals surface area contributed by atoms with E-state index in [2.05, 4.69) is 37.3 Å². The van der Waals surface area contributed by atoms with E-state index in [1.54, 1.807) is 54.9 Å². The molecule has 106 valence electrons. The molecule has 0 fully saturated rings. The van der Waals surface area contributed by atoms with Gasteiger partial charge in [0.25, 0.3) is 10.0 Å². The van der Waals surface area contributed by atoms with Gasteiger partial charge < -0.3 is 0 Å². The van der Waals surface area contributed by atoms with Gasteiger partial charge in [-0.15, -0.1) is 0 Å². The zero-order chi connectivity index (χ0) is 14.9. The predicted octanol–water partition coefficient (Wildman–Crippen LogP) is 3.04. The van der Waals surface area contributed by atoms with Crippen LogP contribution in [0.1, 0.15) is 0 Å². The predicted molar refractivity (Wildman–Crippen MR) is 89.5 cm³/mol. The van der Waals surface area contributed by atoms with Gasteiger partial charge in [0.2, 0.25) is 0 Å². The molecule has 0 bridgehead atoms. The van der Waals surface area contributed by atoms with Gasteiger partial charge in [0.05, 0.1) is 10.4 Å². The van der Waals surface area contributed by atoms with Crippen molar-refractivity contribution in [1.29, 1.82) is 0 Å². The second-order valence-corrected chi connectivity index (χ2v) is 7.19. The normalized spacial score (nSPS) is 11.5. The van der Waals surface area contributed by atoms with E-state index in [-0.39, 0.29) is 10.7 Å². The first-order chi connectivity index (χ1) is 10.1. The average Bonchev–Trinajstić information content (AvgIpc) is 2.49. The lowest BCUT2D eigenvalue weighted by Crippen LogP contribution is -2.14. The Morgan fingerprint density at radius 1 is 1.00 bits per heavy atom. The van der Waals surface area contributed by atoms with Gasteiger partial charge in [0.15, 0.2) is 0 Å². The smallest absolute Gasteiger partial charge is 0.263 e. The molecule has 2 aromatic heterocycles. The van der Waals surface area contributed by atoms with Gasteiger partial charge in [0.1, 0.15) is 5.82 Å². The Kier molecular flexibility index (Phi) is 3.77. The summed E-state index contributed by atoms with van der Waals surface area (Å²) in [5.74, 6) is 0.288. The Morgan fingerprint density at radius 3 is 2.62 bits per heavy atom. The van der Waals surface area contributed by atoms with Crippen LogP contribution in [0.4, 0.5) is 5.82 Å². The first-order valence-corrected chi connectivity index (χ1v) is 8.60. The fourth-order valence-electron chi connectivity index (χ4n) is 1.94. The fraction of sp³-hybridized carbons (Fsp3) is 0. The highest BCUT2D eigenvalue weighted by Crippen LogP contribution is 2.23. The van der Waals surface area contributed by atoms with Gasteiger partial charge in [-0.3, -0.25) is 9.71 Å². The van der Waals surface area contributed by atoms with Crippen LogP contribution in [0, 0.1) is 3.57 Å². The Balaban J connectivity index is 2.06. The molecule has 0 saturated heterocycles. The first kappa shape index (κ1) is 14.2. The van der Waals surface area contributed by atoms with E-state index < -0.39 is 10.0 Å². The van der Waals surface area contributed by atoms with E-state index in [1.165, 1.54) is 0 Å². The lowest BCUT2D eigenvalue weighted by atomic mass is 10.2. The van der Waals surface area contributed by atoms with Crippen LogP contribution in [0.5, 0.6) is 0 Å². The van der Waals surface area contributed by atoms with Crippen LogP contribution >= 0.6 is 22.6 Å². The van der Waals surface area contributed by atoms with Crippen molar-refractivity contribution in [3.05, 3.63) is 58.4 Å². The monoisotopic (exact) mass is 411 g/mol. The largest absolute Gasteiger partial charge is 0.263 e. The minimum absolute atomic E-state index is 0.188. The maximum Gasteiger partial charge on any atom is 0.263 e. The number of aromatic nitrogens is 2. The van der Waals surface area contributed by atoms with Gasteiger partial charge >= 0.3 is 0 Å². The summed E-state index contributed by atoms with van der Waals surface area (Å²) in [6, 6.07) is 11.9. The molecule has 7 heteroatoms. The summed E-state index contributed by atoms with van der Waals surface area (Å²) in [7, 11) is -3.71. The molecule has 0 aliphatic heterocycles. The van der Waals surface area contributed by atoms with E-state index in [1.807, 2.05) is 0 Å². The number of benzene rings is 1. The molecule has 2 heterocycles. The Bertz CT molecular complexity index is 890. The van der Waals surface area contributed by atoms with Crippen molar-refractivity contribution in [2.24, 2.45) is 0 Å². The molecule has 0 unspecified atom stereocenters. The number of hydrogen-bond acceptors (Lipinski definition) is 4. The molecule has 1 aromatic carbocycles. The number of nitrogens with zero attached hydrogens (tertiary/aromatic N) is 2. The summed E-state index contributed by atoms with van der Waals surface area (Å²) in [6.45, 7) is 0. The second-order valence-electron chi connectivity index (χ2n) is 4.29. The quantitative estimate of drug-likeness (QED) is 0.673. The van der Waals surface area contributed by atoms with Gasteiger partial charge in [-0.05, 0) is 59.0 Å². The number of nitrogens with one attached hydrogen (secondary N) is 1. The van der Waals surface area contributed by atoms with Gasteiger partial charge in [-0.1, -0.05) is 6.07 Å². The van der Waals surface area contributed by atoms with Crippen molar-refractivity contribution in [1.82, 2.24) is 9.97 Å². The molecule has 0 saturated carbocycles. The standard InChI is InChI=1S/C14H10IN3O2S/c15-10-6-7-14(17-9-10)18-21(19,20)13-5-1-4-12-11(13)3-2-8-16-12/h1-9H,(H,17,18). The lowest BCUT2D eigenvalue weighted by Gasteiger charge is -2.09. The molecule has 1 N–H and O–H groups in total. The molecule has 3 rings (SSSR count). The van der Waals surface area contributed by atoms with Gasteiger partial charge in [-0.25, -0.2) is 13.4 Å². The second kappa shape index (κ2) is 5.57. The zero-order valence-corrected chi connectivity index (χ0v) is 13.7. The molecule has 0 atom stereocenters. The highest BCUT2D eigenvalue weighted by molar-refractivity contribution is 14.1. The van der Waals surface area contributed by atoms with Crippen molar-refractivity contribution in [3.63, 3.8) is 0 Å². The fourth-order valence-corrected chi connectivity index (χ4v) is 3.48. The van der Waals surface area contributed by atoms with Crippen LogP contribution in [0.25, 0.3) is 10.9 Å². The molecule has 5 nitrogen and oxygen atoms in total. The summed E-state index contributed by atoms with van der Waals surface area (Å²) >= 11 is 2.11. The molecule has 0 aliphatic rings. The molecular weight excluding hydrogens is 401 g/mol. The third-order valence-electron chi connectivity index (χ3n) is 2.86. The van der Waals surface area contributed by atoms with Crippen LogP contribution < -0.4 is 4.72 Å². The topological polar surface area (TPSA) is 72.0 Å². The van der Waals surface area contributed by atoms with E-state index in [0.29, 0.717) is 10.9 Å². The van der Waals surface area contributed by atoms with Crippen molar-refractivity contribution in [2.75, 3.05) is 4.72 Å². The van der Waals surface area contributed by atoms with Crippen molar-refractivity contribution >= 4 is 49.3 Å². The van der Waals surface area contributed by atoms with E-state index in [9.17, 15) is 8.42 Å². The van der Waals surface area contributed by atoms with Crippen molar-refractivity contribution in [2.45, 2.75) is 4.90 Å². The van der Waals surface area contributed by atoms with Crippen LogP contribution in [0.2, 0.25) is 0 Å². The van der Waals surface area contributed by atoms with Crippen molar-refractivity contribution < 1.29 is 8.42 Å². The van der Waals surface area contributed by atoms with Crippen LogP contribution in [-0.4, -0.2) is 18.4 Å². The zero-order valence-electron chi connectivity index (χ0n) is 10.7. The van der Waals surface area contributed by atoms with Crippen LogP contribution in [-0.2, 0) is 10.0 Å². The van der Waals surface area contributed by atoms with Crippen molar-refractivity contribution in [3.8, 4) is 0 Å². The lowest BCUT2D eigenvalue weighted by molar-refractivity contribution is 0.602. The molecule has 0 amide bonds. The van der Waals surface area contributed by atoms with Gasteiger partial charge in [0, 0.05) is 21.4 Å². The third-order valence-corrected chi connectivity index (χ3v) is 4.91. The van der Waals surface area contributed by atoms with E-state index >= 15 is 0 Å². The molecule has 3 aromatic rings. The maximum atomic E-state index is 12.5. The van der Waals surface area contributed by atoms with Crippen LogP contribution in [0.3, 0.4) is 0 Å². The number of halogens is 1. The minimum Gasteiger partial charge on any atom is -0.263 e. The Hall–Kier alpha value is -1.74. The summed E-state index contributed by atoms with van der Waals surface area (Å²) < 4.78 is 28.5. The molecular formula is C14H10IN3O2S. The number of fused-ring (bicyclic) bond motifs is 1. The van der Waals surface area contributed by atoms with E-state index in [0.717, 1.165) is 3.57 Å². The average molecular weight is 411 g/mol. The Labute approximate surface area is 135 Å². The number of hydrogen-bond donors (Lipinski definition) is 1. The van der Waals surface area contributed by atoms with E-state index in [4.69, 9.17) is 0 Å². The highest BCUT2D eigenvalue weighted by Gasteiger charge is 2.18.